The molecular formula is C18H31N5O3. The van der Waals surface area contributed by atoms with Crippen molar-refractivity contribution in [3.8, 4) is 5.75 Å². The van der Waals surface area contributed by atoms with Crippen molar-refractivity contribution in [3.05, 3.63) is 28.8 Å². The van der Waals surface area contributed by atoms with Crippen molar-refractivity contribution in [2.45, 2.75) is 38.8 Å². The number of hydrogen-bond acceptors (Lipinski definition) is 5. The summed E-state index contributed by atoms with van der Waals surface area (Å²) >= 11 is 0. The second-order valence-electron chi connectivity index (χ2n) is 6.81. The van der Waals surface area contributed by atoms with Gasteiger partial charge in [0.1, 0.15) is 11.8 Å². The van der Waals surface area contributed by atoms with Gasteiger partial charge in [0.15, 0.2) is 5.96 Å². The number of phenols is 1. The normalized spacial score (nSPS) is 13.4. The van der Waals surface area contributed by atoms with E-state index in [4.69, 9.17) is 11.1 Å². The Bertz CT molecular complexity index is 610. The van der Waals surface area contributed by atoms with Gasteiger partial charge in [0.25, 0.3) is 0 Å². The van der Waals surface area contributed by atoms with E-state index in [1.54, 1.807) is 12.1 Å². The molecule has 1 aromatic carbocycles. The largest absolute Gasteiger partial charge is 0.508 e. The number of nitrogens with zero attached hydrogens (tertiary/aromatic N) is 1. The Morgan fingerprint density at radius 3 is 2.35 bits per heavy atom. The number of guanidine groups is 1. The molecule has 26 heavy (non-hydrogen) atoms. The van der Waals surface area contributed by atoms with E-state index < -0.39 is 12.0 Å². The maximum atomic E-state index is 11.7. The first-order valence-electron chi connectivity index (χ1n) is 8.61. The summed E-state index contributed by atoms with van der Waals surface area (Å²) in [7, 11) is 3.87. The molecule has 1 aromatic rings. The number of aromatic hydroxyl groups is 1. The van der Waals surface area contributed by atoms with E-state index in [9.17, 15) is 15.0 Å². The number of carbonyl (C=O) groups is 1. The zero-order valence-corrected chi connectivity index (χ0v) is 16.0. The van der Waals surface area contributed by atoms with Crippen molar-refractivity contribution in [3.63, 3.8) is 0 Å². The van der Waals surface area contributed by atoms with Crippen LogP contribution in [0.25, 0.3) is 0 Å². The van der Waals surface area contributed by atoms with Gasteiger partial charge in [-0.05, 0) is 69.6 Å². The summed E-state index contributed by atoms with van der Waals surface area (Å²) < 4.78 is 0. The maximum absolute atomic E-state index is 11.7. The van der Waals surface area contributed by atoms with Crippen molar-refractivity contribution in [1.82, 2.24) is 15.5 Å². The van der Waals surface area contributed by atoms with E-state index in [0.29, 0.717) is 19.5 Å². The van der Waals surface area contributed by atoms with Gasteiger partial charge in [-0.3, -0.25) is 10.2 Å². The molecule has 2 unspecified atom stereocenters. The van der Waals surface area contributed by atoms with Crippen LogP contribution in [-0.4, -0.2) is 66.3 Å². The number of carboxylic acids is 1. The molecule has 0 fully saturated rings. The number of benzene rings is 1. The van der Waals surface area contributed by atoms with Crippen molar-refractivity contribution < 1.29 is 15.0 Å². The van der Waals surface area contributed by atoms with Crippen LogP contribution in [0.3, 0.4) is 0 Å². The van der Waals surface area contributed by atoms with Crippen LogP contribution in [0.1, 0.15) is 23.1 Å². The van der Waals surface area contributed by atoms with Crippen LogP contribution in [0.15, 0.2) is 12.1 Å². The Balaban J connectivity index is 2.75. The van der Waals surface area contributed by atoms with Crippen LogP contribution in [0.5, 0.6) is 5.75 Å². The number of aryl methyl sites for hydroxylation is 2. The molecule has 0 spiro atoms. The molecule has 0 aliphatic rings. The Morgan fingerprint density at radius 1 is 1.31 bits per heavy atom. The van der Waals surface area contributed by atoms with E-state index in [1.807, 2.05) is 32.8 Å². The summed E-state index contributed by atoms with van der Waals surface area (Å²) in [5.74, 6) is -0.789. The fourth-order valence-corrected chi connectivity index (χ4v) is 2.94. The molecule has 0 saturated heterocycles. The number of phenolic OH excluding ortho intramolecular Hbond substituents is 1. The molecule has 0 aliphatic heterocycles. The lowest BCUT2D eigenvalue weighted by Gasteiger charge is -2.27. The van der Waals surface area contributed by atoms with Gasteiger partial charge in [0.2, 0.25) is 0 Å². The lowest BCUT2D eigenvalue weighted by Crippen LogP contribution is -2.47. The fourth-order valence-electron chi connectivity index (χ4n) is 2.94. The van der Waals surface area contributed by atoms with E-state index in [-0.39, 0.29) is 17.8 Å². The van der Waals surface area contributed by atoms with Crippen molar-refractivity contribution >= 4 is 11.9 Å². The third kappa shape index (κ3) is 6.89. The highest BCUT2D eigenvalue weighted by atomic mass is 16.4. The molecule has 2 atom stereocenters. The van der Waals surface area contributed by atoms with Crippen LogP contribution in [-0.2, 0) is 11.2 Å². The molecule has 0 saturated carbocycles. The van der Waals surface area contributed by atoms with E-state index in [0.717, 1.165) is 23.1 Å². The summed E-state index contributed by atoms with van der Waals surface area (Å²) in [5.41, 5.74) is 7.98. The van der Waals surface area contributed by atoms with E-state index in [1.165, 1.54) is 0 Å². The van der Waals surface area contributed by atoms with Crippen LogP contribution in [0, 0.1) is 19.3 Å². The van der Waals surface area contributed by atoms with Crippen LogP contribution >= 0.6 is 0 Å². The van der Waals surface area contributed by atoms with E-state index >= 15 is 0 Å². The molecule has 1 rings (SSSR count). The number of carboxylic acid groups (broad SMARTS) is 1. The predicted octanol–water partition coefficient (Wildman–Crippen LogP) is 0.398. The van der Waals surface area contributed by atoms with Crippen molar-refractivity contribution in [2.24, 2.45) is 5.73 Å². The van der Waals surface area contributed by atoms with Crippen LogP contribution in [0.2, 0.25) is 0 Å². The number of nitrogens with two attached hydrogens (primary N) is 1. The number of hydrogen-bond donors (Lipinski definition) is 6. The summed E-state index contributed by atoms with van der Waals surface area (Å²) in [6.45, 7) is 4.79. The SMILES string of the molecule is Cc1cc(O)cc(C)c1CC(NCC(CCNC(=N)N)N(C)C)C(=O)O. The summed E-state index contributed by atoms with van der Waals surface area (Å²) in [6.07, 6.45) is 1.07. The minimum absolute atomic E-state index is 0.0721. The Labute approximate surface area is 154 Å². The van der Waals surface area contributed by atoms with Gasteiger partial charge >= 0.3 is 5.97 Å². The maximum Gasteiger partial charge on any atom is 0.321 e. The molecule has 0 aromatic heterocycles. The average molecular weight is 365 g/mol. The zero-order valence-electron chi connectivity index (χ0n) is 16.0. The van der Waals surface area contributed by atoms with Crippen molar-refractivity contribution in [1.29, 1.82) is 5.41 Å². The molecule has 0 heterocycles. The standard InChI is InChI=1S/C18H31N5O3/c1-11-7-14(24)8-12(2)15(11)9-16(17(25)26)22-10-13(23(3)4)5-6-21-18(19)20/h7-8,13,16,22,24H,5-6,9-10H2,1-4H3,(H,25,26)(H4,19,20,21). The third-order valence-electron chi connectivity index (χ3n) is 4.51. The highest BCUT2D eigenvalue weighted by Gasteiger charge is 2.22. The van der Waals surface area contributed by atoms with Gasteiger partial charge in [-0.2, -0.15) is 0 Å². The molecule has 8 nitrogen and oxygen atoms in total. The second-order valence-corrected chi connectivity index (χ2v) is 6.81. The lowest BCUT2D eigenvalue weighted by atomic mass is 9.95. The summed E-state index contributed by atoms with van der Waals surface area (Å²) in [4.78, 5) is 13.7. The number of nitrogens with one attached hydrogen (secondary N) is 3. The Kier molecular flexibility index (Phi) is 8.34. The first kappa shape index (κ1) is 21.7. The van der Waals surface area contributed by atoms with Gasteiger partial charge in [-0.25, -0.2) is 0 Å². The highest BCUT2D eigenvalue weighted by molar-refractivity contribution is 5.74. The summed E-state index contributed by atoms with van der Waals surface area (Å²) in [5, 5.41) is 32.3. The molecule has 0 radical (unpaired) electrons. The second kappa shape index (κ2) is 9.98. The third-order valence-corrected chi connectivity index (χ3v) is 4.51. The van der Waals surface area contributed by atoms with Gasteiger partial charge in [0, 0.05) is 19.1 Å². The smallest absolute Gasteiger partial charge is 0.321 e. The number of rotatable bonds is 10. The van der Waals surface area contributed by atoms with Gasteiger partial charge < -0.3 is 31.5 Å². The first-order valence-corrected chi connectivity index (χ1v) is 8.61. The van der Waals surface area contributed by atoms with E-state index in [2.05, 4.69) is 10.6 Å². The molecule has 146 valence electrons. The first-order chi connectivity index (χ1) is 12.1. The molecule has 8 heteroatoms. The minimum atomic E-state index is -0.906. The lowest BCUT2D eigenvalue weighted by molar-refractivity contribution is -0.139. The molecule has 0 bridgehead atoms. The topological polar surface area (TPSA) is 135 Å². The number of aliphatic carboxylic acids is 1. The molecule has 0 aliphatic carbocycles. The molecule has 7 N–H and O–H groups in total. The quantitative estimate of drug-likeness (QED) is 0.261. The van der Waals surface area contributed by atoms with Gasteiger partial charge in [-0.1, -0.05) is 0 Å². The molecule has 0 amide bonds. The molecular weight excluding hydrogens is 334 g/mol. The summed E-state index contributed by atoms with van der Waals surface area (Å²) in [6, 6.07) is 2.68. The minimum Gasteiger partial charge on any atom is -0.508 e. The fraction of sp³-hybridized carbons (Fsp3) is 0.556. The Morgan fingerprint density at radius 2 is 1.88 bits per heavy atom. The van der Waals surface area contributed by atoms with Crippen molar-refractivity contribution in [2.75, 3.05) is 27.2 Å². The highest BCUT2D eigenvalue weighted by Crippen LogP contribution is 2.22. The van der Waals surface area contributed by atoms with Crippen LogP contribution < -0.4 is 16.4 Å². The van der Waals surface area contributed by atoms with Gasteiger partial charge in [-0.15, -0.1) is 0 Å². The van der Waals surface area contributed by atoms with Crippen LogP contribution in [0.4, 0.5) is 0 Å². The van der Waals surface area contributed by atoms with Gasteiger partial charge in [0.05, 0.1) is 0 Å². The monoisotopic (exact) mass is 365 g/mol. The number of likely N-dealkylation sites (N-methyl/N-ethyl adjacent to an activating group) is 1. The Hall–Kier alpha value is -2.32. The predicted molar refractivity (Wildman–Crippen MR) is 103 cm³/mol. The zero-order chi connectivity index (χ0) is 19.9. The average Bonchev–Trinajstić information content (AvgIpc) is 2.50.